The third kappa shape index (κ3) is 3.85. The van der Waals surface area contributed by atoms with Crippen LogP contribution in [0.4, 0.5) is 0 Å². The minimum Gasteiger partial charge on any atom is -0.364 e. The fraction of sp³-hybridized carbons (Fsp3) is 0.400. The number of hydrogen-bond acceptors (Lipinski definition) is 2. The number of aliphatic imine (C=N–C) groups is 1. The van der Waals surface area contributed by atoms with Gasteiger partial charge in [-0.3, -0.25) is 4.99 Å². The Morgan fingerprint density at radius 2 is 1.74 bits per heavy atom. The van der Waals surface area contributed by atoms with Crippen molar-refractivity contribution < 1.29 is 0 Å². The number of nitrogens with zero attached hydrogens (tertiary/aromatic N) is 1. The summed E-state index contributed by atoms with van der Waals surface area (Å²) in [6.07, 6.45) is 17.0. The van der Waals surface area contributed by atoms with Crippen LogP contribution in [0.15, 0.2) is 70.9 Å². The normalized spacial score (nSPS) is 30.3. The fourth-order valence-corrected chi connectivity index (χ4v) is 4.43. The molecule has 27 heavy (non-hydrogen) atoms. The van der Waals surface area contributed by atoms with E-state index in [0.717, 1.165) is 12.3 Å². The summed E-state index contributed by atoms with van der Waals surface area (Å²) in [5.41, 5.74) is 6.75. The summed E-state index contributed by atoms with van der Waals surface area (Å²) in [6, 6.07) is 9.37. The van der Waals surface area contributed by atoms with E-state index >= 15 is 0 Å². The lowest BCUT2D eigenvalue weighted by molar-refractivity contribution is 0.449. The van der Waals surface area contributed by atoms with E-state index in [0.29, 0.717) is 11.8 Å². The first kappa shape index (κ1) is 18.0. The van der Waals surface area contributed by atoms with E-state index in [1.54, 1.807) is 0 Å². The van der Waals surface area contributed by atoms with Gasteiger partial charge in [-0.05, 0) is 78.4 Å². The van der Waals surface area contributed by atoms with Crippen LogP contribution in [0.5, 0.6) is 0 Å². The molecule has 2 heteroatoms. The second-order valence-electron chi connectivity index (χ2n) is 8.24. The summed E-state index contributed by atoms with van der Waals surface area (Å²) in [5, 5.41) is 3.47. The molecular formula is C25H30N2. The first-order valence-corrected chi connectivity index (χ1v) is 10.3. The van der Waals surface area contributed by atoms with Gasteiger partial charge in [0.1, 0.15) is 6.17 Å². The first-order valence-electron chi connectivity index (χ1n) is 10.3. The van der Waals surface area contributed by atoms with Crippen LogP contribution in [0.3, 0.4) is 0 Å². The maximum atomic E-state index is 4.36. The summed E-state index contributed by atoms with van der Waals surface area (Å²) >= 11 is 0. The molecule has 0 bridgehead atoms. The second-order valence-corrected chi connectivity index (χ2v) is 8.24. The van der Waals surface area contributed by atoms with Gasteiger partial charge in [-0.2, -0.15) is 0 Å². The van der Waals surface area contributed by atoms with Gasteiger partial charge in [0.15, 0.2) is 0 Å². The Kier molecular flexibility index (Phi) is 5.15. The molecule has 4 atom stereocenters. The summed E-state index contributed by atoms with van der Waals surface area (Å²) in [6.45, 7) is 6.79. The van der Waals surface area contributed by atoms with Gasteiger partial charge >= 0.3 is 0 Å². The van der Waals surface area contributed by atoms with Gasteiger partial charge in [0.05, 0.1) is 0 Å². The highest BCUT2D eigenvalue weighted by Crippen LogP contribution is 2.37. The molecule has 0 aromatic heterocycles. The van der Waals surface area contributed by atoms with E-state index < -0.39 is 0 Å². The number of benzene rings is 1. The van der Waals surface area contributed by atoms with Crippen LogP contribution in [-0.4, -0.2) is 12.4 Å². The van der Waals surface area contributed by atoms with Crippen LogP contribution in [0.1, 0.15) is 57.1 Å². The molecule has 1 heterocycles. The Balaban J connectivity index is 1.58. The number of rotatable bonds is 3. The Labute approximate surface area is 163 Å². The standard InChI is InChI=1S/C25H30N2/c1-17-6-4-5-7-23(17)20-10-12-21(13-11-20)24-16-22(9-8-18(24)2)25-14-15-26-19(3)27-25/h4-5,9-19,23,27H,6-8H2,1-3H3. The average molecular weight is 359 g/mol. The third-order valence-corrected chi connectivity index (χ3v) is 6.18. The van der Waals surface area contributed by atoms with Crippen molar-refractivity contribution in [2.45, 2.75) is 52.1 Å². The zero-order valence-electron chi connectivity index (χ0n) is 16.7. The lowest BCUT2D eigenvalue weighted by atomic mass is 9.78. The van der Waals surface area contributed by atoms with Crippen molar-refractivity contribution in [3.05, 3.63) is 77.0 Å². The maximum Gasteiger partial charge on any atom is 0.115 e. The minimum absolute atomic E-state index is 0.146. The highest BCUT2D eigenvalue weighted by molar-refractivity contribution is 5.78. The van der Waals surface area contributed by atoms with Crippen molar-refractivity contribution in [1.29, 1.82) is 0 Å². The van der Waals surface area contributed by atoms with E-state index in [-0.39, 0.29) is 6.17 Å². The molecule has 2 nitrogen and oxygen atoms in total. The number of allylic oxidation sites excluding steroid dienone is 6. The molecule has 1 aliphatic heterocycles. The molecule has 4 unspecified atom stereocenters. The monoisotopic (exact) mass is 358 g/mol. The van der Waals surface area contributed by atoms with Crippen molar-refractivity contribution in [2.24, 2.45) is 16.8 Å². The Hall–Kier alpha value is -2.35. The van der Waals surface area contributed by atoms with E-state index in [1.807, 2.05) is 6.21 Å². The molecule has 4 rings (SSSR count). The van der Waals surface area contributed by atoms with Gasteiger partial charge in [-0.25, -0.2) is 0 Å². The van der Waals surface area contributed by atoms with Crippen LogP contribution >= 0.6 is 0 Å². The molecule has 0 saturated carbocycles. The van der Waals surface area contributed by atoms with Gasteiger partial charge in [0.25, 0.3) is 0 Å². The first-order chi connectivity index (χ1) is 13.1. The molecule has 140 valence electrons. The van der Waals surface area contributed by atoms with Crippen LogP contribution in [-0.2, 0) is 0 Å². The summed E-state index contributed by atoms with van der Waals surface area (Å²) in [5.74, 6) is 1.94. The van der Waals surface area contributed by atoms with Crippen LogP contribution < -0.4 is 5.32 Å². The van der Waals surface area contributed by atoms with Crippen LogP contribution in [0.2, 0.25) is 0 Å². The lowest BCUT2D eigenvalue weighted by Crippen LogP contribution is -2.27. The molecule has 1 N–H and O–H groups in total. The van der Waals surface area contributed by atoms with Crippen LogP contribution in [0.25, 0.3) is 5.57 Å². The fourth-order valence-electron chi connectivity index (χ4n) is 4.43. The smallest absolute Gasteiger partial charge is 0.115 e. The second kappa shape index (κ2) is 7.72. The number of nitrogens with one attached hydrogen (secondary N) is 1. The molecular weight excluding hydrogens is 328 g/mol. The lowest BCUT2D eigenvalue weighted by Gasteiger charge is -2.27. The summed E-state index contributed by atoms with van der Waals surface area (Å²) in [7, 11) is 0. The van der Waals surface area contributed by atoms with E-state index in [9.17, 15) is 0 Å². The summed E-state index contributed by atoms with van der Waals surface area (Å²) in [4.78, 5) is 4.36. The predicted octanol–water partition coefficient (Wildman–Crippen LogP) is 6.01. The zero-order chi connectivity index (χ0) is 18.8. The molecule has 0 spiro atoms. The van der Waals surface area contributed by atoms with Gasteiger partial charge in [-0.1, -0.05) is 56.3 Å². The largest absolute Gasteiger partial charge is 0.364 e. The van der Waals surface area contributed by atoms with Gasteiger partial charge in [0.2, 0.25) is 0 Å². The molecule has 3 aliphatic rings. The average Bonchev–Trinajstić information content (AvgIpc) is 2.69. The van der Waals surface area contributed by atoms with Gasteiger partial charge in [0, 0.05) is 11.9 Å². The Bertz CT molecular complexity index is 836. The highest BCUT2D eigenvalue weighted by atomic mass is 15.1. The van der Waals surface area contributed by atoms with E-state index in [4.69, 9.17) is 0 Å². The topological polar surface area (TPSA) is 24.4 Å². The highest BCUT2D eigenvalue weighted by Gasteiger charge is 2.22. The molecule has 0 radical (unpaired) electrons. The maximum absolute atomic E-state index is 4.36. The molecule has 0 amide bonds. The van der Waals surface area contributed by atoms with Crippen molar-refractivity contribution in [1.82, 2.24) is 5.32 Å². The van der Waals surface area contributed by atoms with Gasteiger partial charge in [-0.15, -0.1) is 0 Å². The van der Waals surface area contributed by atoms with Crippen molar-refractivity contribution in [3.63, 3.8) is 0 Å². The van der Waals surface area contributed by atoms with Crippen LogP contribution in [0, 0.1) is 11.8 Å². The minimum atomic E-state index is 0.146. The molecule has 2 aliphatic carbocycles. The van der Waals surface area contributed by atoms with Gasteiger partial charge < -0.3 is 5.32 Å². The van der Waals surface area contributed by atoms with E-state index in [1.165, 1.54) is 40.8 Å². The Morgan fingerprint density at radius 1 is 0.963 bits per heavy atom. The van der Waals surface area contributed by atoms with Crippen molar-refractivity contribution >= 4 is 11.8 Å². The number of hydrogen-bond donors (Lipinski definition) is 1. The van der Waals surface area contributed by atoms with Crippen molar-refractivity contribution in [2.75, 3.05) is 0 Å². The third-order valence-electron chi connectivity index (χ3n) is 6.18. The molecule has 1 aromatic rings. The predicted molar refractivity (Wildman–Crippen MR) is 116 cm³/mol. The van der Waals surface area contributed by atoms with Crippen molar-refractivity contribution in [3.8, 4) is 0 Å². The quantitative estimate of drug-likeness (QED) is 0.657. The SMILES string of the molecule is CC1N=CC=C(C2=CCC(C)C(c3ccc(C4CC=CCC4C)cc3)=C2)N1. The zero-order valence-corrected chi connectivity index (χ0v) is 16.7. The van der Waals surface area contributed by atoms with E-state index in [2.05, 4.69) is 85.7 Å². The Morgan fingerprint density at radius 3 is 2.48 bits per heavy atom. The molecule has 0 fully saturated rings. The molecule has 1 aromatic carbocycles. The summed E-state index contributed by atoms with van der Waals surface area (Å²) < 4.78 is 0. The molecule has 0 saturated heterocycles.